The Morgan fingerprint density at radius 1 is 1.36 bits per heavy atom. The van der Waals surface area contributed by atoms with Gasteiger partial charge in [0.15, 0.2) is 0 Å². The van der Waals surface area contributed by atoms with Crippen LogP contribution in [0.2, 0.25) is 0 Å². The van der Waals surface area contributed by atoms with Gasteiger partial charge in [0.25, 0.3) is 0 Å². The average molecular weight is 185 g/mol. The largest absolute Gasteiger partial charge is 0.198 e. The molecule has 0 aliphatic rings. The highest BCUT2D eigenvalue weighted by Gasteiger charge is 1.92. The van der Waals surface area contributed by atoms with Gasteiger partial charge in [-0.2, -0.15) is 5.26 Å². The Kier molecular flexibility index (Phi) is 4.50. The fourth-order valence-electron chi connectivity index (χ4n) is 1.31. The van der Waals surface area contributed by atoms with Gasteiger partial charge in [0.1, 0.15) is 0 Å². The predicted octanol–water partition coefficient (Wildman–Crippen LogP) is 3.48. The van der Waals surface area contributed by atoms with E-state index in [1.54, 1.807) is 0 Å². The molecule has 72 valence electrons. The second-order valence-electron chi connectivity index (χ2n) is 3.40. The van der Waals surface area contributed by atoms with Crippen LogP contribution >= 0.6 is 0 Å². The minimum atomic E-state index is 0.528. The van der Waals surface area contributed by atoms with Gasteiger partial charge in [-0.05, 0) is 25.3 Å². The minimum Gasteiger partial charge on any atom is -0.198 e. The van der Waals surface area contributed by atoms with Crippen LogP contribution in [0.4, 0.5) is 0 Å². The maximum Gasteiger partial charge on any atom is 0.0663 e. The summed E-state index contributed by atoms with van der Waals surface area (Å²) in [4.78, 5) is 0. The molecule has 0 saturated carbocycles. The molecule has 1 aromatic rings. The lowest BCUT2D eigenvalue weighted by molar-refractivity contribution is 0.934. The third-order valence-corrected chi connectivity index (χ3v) is 2.19. The topological polar surface area (TPSA) is 23.8 Å². The van der Waals surface area contributed by atoms with Crippen molar-refractivity contribution in [1.29, 1.82) is 5.26 Å². The number of allylic oxidation sites excluding steroid dienone is 2. The zero-order valence-electron chi connectivity index (χ0n) is 8.53. The van der Waals surface area contributed by atoms with Crippen LogP contribution in [0.1, 0.15) is 25.3 Å². The Labute approximate surface area is 85.7 Å². The minimum absolute atomic E-state index is 0.528. The summed E-state index contributed by atoms with van der Waals surface area (Å²) in [6.45, 7) is 2.08. The fourth-order valence-corrected chi connectivity index (χ4v) is 1.31. The lowest BCUT2D eigenvalue weighted by Gasteiger charge is -2.00. The second-order valence-corrected chi connectivity index (χ2v) is 3.40. The molecule has 1 nitrogen and oxygen atoms in total. The van der Waals surface area contributed by atoms with Crippen molar-refractivity contribution >= 4 is 0 Å². The Balaban J connectivity index is 2.38. The number of benzene rings is 1. The van der Waals surface area contributed by atoms with E-state index in [9.17, 15) is 0 Å². The van der Waals surface area contributed by atoms with E-state index in [0.717, 1.165) is 12.8 Å². The quantitative estimate of drug-likeness (QED) is 0.659. The first-order chi connectivity index (χ1) is 6.83. The van der Waals surface area contributed by atoms with Crippen molar-refractivity contribution in [3.63, 3.8) is 0 Å². The molecule has 0 bridgehead atoms. The Morgan fingerprint density at radius 2 is 2.07 bits per heavy atom. The van der Waals surface area contributed by atoms with E-state index in [4.69, 9.17) is 5.26 Å². The molecule has 0 radical (unpaired) electrons. The van der Waals surface area contributed by atoms with Gasteiger partial charge in [-0.3, -0.25) is 0 Å². The second kappa shape index (κ2) is 5.99. The predicted molar refractivity (Wildman–Crippen MR) is 58.8 cm³/mol. The molecule has 0 heterocycles. The van der Waals surface area contributed by atoms with Crippen molar-refractivity contribution in [3.05, 3.63) is 47.5 Å². The summed E-state index contributed by atoms with van der Waals surface area (Å²) in [6, 6.07) is 12.5. The number of hydrogen-bond acceptors (Lipinski definition) is 1. The van der Waals surface area contributed by atoms with Gasteiger partial charge >= 0.3 is 0 Å². The lowest BCUT2D eigenvalue weighted by atomic mass is 10.1. The average Bonchev–Trinajstić information content (AvgIpc) is 2.25. The fraction of sp³-hybridized carbons (Fsp3) is 0.308. The van der Waals surface area contributed by atoms with E-state index >= 15 is 0 Å². The molecule has 0 aliphatic heterocycles. The van der Waals surface area contributed by atoms with Gasteiger partial charge in [0, 0.05) is 0 Å². The van der Waals surface area contributed by atoms with E-state index in [0.29, 0.717) is 6.42 Å². The summed E-state index contributed by atoms with van der Waals surface area (Å²) in [5.74, 6) is 0. The van der Waals surface area contributed by atoms with Gasteiger partial charge in [-0.15, -0.1) is 0 Å². The molecule has 0 fully saturated rings. The Bertz CT molecular complexity index is 330. The third kappa shape index (κ3) is 3.91. The third-order valence-electron chi connectivity index (χ3n) is 2.19. The van der Waals surface area contributed by atoms with Crippen molar-refractivity contribution in [3.8, 4) is 6.07 Å². The van der Waals surface area contributed by atoms with E-state index < -0.39 is 0 Å². The number of aryl methyl sites for hydroxylation is 1. The van der Waals surface area contributed by atoms with Crippen molar-refractivity contribution < 1.29 is 0 Å². The number of rotatable bonds is 4. The van der Waals surface area contributed by atoms with Crippen LogP contribution in [0.5, 0.6) is 0 Å². The van der Waals surface area contributed by atoms with E-state index in [2.05, 4.69) is 37.3 Å². The Hall–Kier alpha value is -1.55. The summed E-state index contributed by atoms with van der Waals surface area (Å²) in [7, 11) is 0. The Morgan fingerprint density at radius 3 is 2.71 bits per heavy atom. The molecule has 14 heavy (non-hydrogen) atoms. The summed E-state index contributed by atoms with van der Waals surface area (Å²) in [6.07, 6.45) is 4.64. The maximum atomic E-state index is 8.41. The molecule has 0 N–H and O–H groups in total. The molecule has 0 spiro atoms. The van der Waals surface area contributed by atoms with E-state index in [1.807, 2.05) is 12.1 Å². The van der Waals surface area contributed by atoms with Gasteiger partial charge in [0.05, 0.1) is 12.5 Å². The van der Waals surface area contributed by atoms with Gasteiger partial charge in [-0.1, -0.05) is 42.0 Å². The lowest BCUT2D eigenvalue weighted by Crippen LogP contribution is -1.85. The summed E-state index contributed by atoms with van der Waals surface area (Å²) in [5, 5.41) is 8.41. The van der Waals surface area contributed by atoms with Crippen LogP contribution in [0.3, 0.4) is 0 Å². The molecule has 0 aliphatic carbocycles. The highest BCUT2D eigenvalue weighted by molar-refractivity contribution is 5.16. The first-order valence-corrected chi connectivity index (χ1v) is 4.89. The molecule has 1 heteroatoms. The number of nitrogens with zero attached hydrogens (tertiary/aromatic N) is 1. The first kappa shape index (κ1) is 10.5. The molecular formula is C13H15N. The molecule has 0 unspecified atom stereocenters. The van der Waals surface area contributed by atoms with Crippen LogP contribution in [-0.4, -0.2) is 0 Å². The summed E-state index contributed by atoms with van der Waals surface area (Å²) >= 11 is 0. The maximum absolute atomic E-state index is 8.41. The summed E-state index contributed by atoms with van der Waals surface area (Å²) in [5.41, 5.74) is 2.66. The van der Waals surface area contributed by atoms with Crippen LogP contribution in [-0.2, 0) is 6.42 Å². The zero-order valence-corrected chi connectivity index (χ0v) is 8.53. The van der Waals surface area contributed by atoms with Crippen LogP contribution in [0, 0.1) is 11.3 Å². The van der Waals surface area contributed by atoms with Crippen LogP contribution in [0.25, 0.3) is 0 Å². The van der Waals surface area contributed by atoms with Gasteiger partial charge in [-0.25, -0.2) is 0 Å². The monoisotopic (exact) mass is 185 g/mol. The molecule has 1 aromatic carbocycles. The smallest absolute Gasteiger partial charge is 0.0663 e. The molecule has 1 rings (SSSR count). The highest BCUT2D eigenvalue weighted by atomic mass is 14.2. The first-order valence-electron chi connectivity index (χ1n) is 4.89. The van der Waals surface area contributed by atoms with Crippen molar-refractivity contribution in [2.24, 2.45) is 0 Å². The van der Waals surface area contributed by atoms with Crippen LogP contribution in [0.15, 0.2) is 42.0 Å². The molecule has 0 amide bonds. The van der Waals surface area contributed by atoms with Crippen LogP contribution < -0.4 is 0 Å². The van der Waals surface area contributed by atoms with Crippen molar-refractivity contribution in [2.75, 3.05) is 0 Å². The van der Waals surface area contributed by atoms with E-state index in [1.165, 1.54) is 11.1 Å². The number of nitriles is 1. The molecule has 0 atom stereocenters. The highest BCUT2D eigenvalue weighted by Crippen LogP contribution is 2.08. The standard InChI is InChI=1S/C13H15N/c1-12(6-5-11-14)9-10-13-7-3-2-4-8-13/h2-4,6-8H,5,9-10H2,1H3. The van der Waals surface area contributed by atoms with Crippen molar-refractivity contribution in [2.45, 2.75) is 26.2 Å². The molecule has 0 aromatic heterocycles. The van der Waals surface area contributed by atoms with E-state index in [-0.39, 0.29) is 0 Å². The van der Waals surface area contributed by atoms with Gasteiger partial charge < -0.3 is 0 Å². The molecule has 0 saturated heterocycles. The SMILES string of the molecule is CC(=CCC#N)CCc1ccccc1. The summed E-state index contributed by atoms with van der Waals surface area (Å²) < 4.78 is 0. The molecular weight excluding hydrogens is 170 g/mol. The normalized spacial score (nSPS) is 11.0. The zero-order chi connectivity index (χ0) is 10.2. The number of hydrogen-bond donors (Lipinski definition) is 0. The van der Waals surface area contributed by atoms with Crippen molar-refractivity contribution in [1.82, 2.24) is 0 Å². The van der Waals surface area contributed by atoms with Gasteiger partial charge in [0.2, 0.25) is 0 Å².